The Hall–Kier alpha value is -2.00. The minimum atomic E-state index is -4.47. The van der Waals surface area contributed by atoms with Crippen molar-refractivity contribution in [2.45, 2.75) is 24.6 Å². The lowest BCUT2D eigenvalue weighted by Gasteiger charge is -2.36. The first-order valence-electron chi connectivity index (χ1n) is 7.40. The summed E-state index contributed by atoms with van der Waals surface area (Å²) < 4.78 is 46.7. The van der Waals surface area contributed by atoms with Crippen LogP contribution in [0.2, 0.25) is 0 Å². The van der Waals surface area contributed by atoms with Crippen molar-refractivity contribution < 1.29 is 32.5 Å². The molecule has 0 atom stereocenters. The molecule has 1 saturated heterocycles. The number of ether oxygens (including phenoxy) is 2. The Morgan fingerprint density at radius 2 is 1.96 bits per heavy atom. The highest BCUT2D eigenvalue weighted by Crippen LogP contribution is 2.27. The van der Waals surface area contributed by atoms with Gasteiger partial charge >= 0.3 is 12.2 Å². The number of anilines is 1. The molecule has 0 aliphatic carbocycles. The summed E-state index contributed by atoms with van der Waals surface area (Å²) in [6.45, 7) is -0.889. The second-order valence-corrected chi connectivity index (χ2v) is 5.53. The summed E-state index contributed by atoms with van der Waals surface area (Å²) in [4.78, 5) is 12.1. The molecular weight excluding hydrogens is 329 g/mol. The molecule has 1 aromatic rings. The zero-order valence-corrected chi connectivity index (χ0v) is 12.9. The Morgan fingerprint density at radius 1 is 1.29 bits per heavy atom. The third kappa shape index (κ3) is 5.27. The lowest BCUT2D eigenvalue weighted by molar-refractivity contribution is -0.153. The van der Waals surface area contributed by atoms with E-state index < -0.39 is 24.4 Å². The number of hydrogen-bond acceptors (Lipinski definition) is 4. The van der Waals surface area contributed by atoms with Gasteiger partial charge in [0, 0.05) is 13.2 Å². The van der Waals surface area contributed by atoms with Crippen LogP contribution < -0.4 is 15.4 Å². The van der Waals surface area contributed by atoms with Crippen molar-refractivity contribution in [1.29, 1.82) is 0 Å². The van der Waals surface area contributed by atoms with E-state index in [1.807, 2.05) is 0 Å². The highest BCUT2D eigenvalue weighted by atomic mass is 19.4. The van der Waals surface area contributed by atoms with Crippen molar-refractivity contribution in [2.75, 3.05) is 31.7 Å². The van der Waals surface area contributed by atoms with Gasteiger partial charge in [-0.2, -0.15) is 13.2 Å². The summed E-state index contributed by atoms with van der Waals surface area (Å²) in [6, 6.07) is 5.20. The summed E-state index contributed by atoms with van der Waals surface area (Å²) in [5.74, 6) is -0.0880. The maximum absolute atomic E-state index is 12.3. The Balaban J connectivity index is 2.00. The highest BCUT2D eigenvalue weighted by molar-refractivity contribution is 5.91. The summed E-state index contributed by atoms with van der Waals surface area (Å²) in [7, 11) is 0. The molecule has 0 bridgehead atoms. The van der Waals surface area contributed by atoms with Gasteiger partial charge < -0.3 is 25.2 Å². The lowest BCUT2D eigenvalue weighted by Crippen LogP contribution is -2.55. The maximum Gasteiger partial charge on any atom is 0.422 e. The normalized spacial score (nSPS) is 17.2. The van der Waals surface area contributed by atoms with E-state index in [1.165, 1.54) is 18.2 Å². The molecule has 0 aromatic heterocycles. The number of alkyl halides is 3. The fraction of sp³-hybridized carbons (Fsp3) is 0.533. The smallest absolute Gasteiger partial charge is 0.422 e. The van der Waals surface area contributed by atoms with Gasteiger partial charge in [-0.25, -0.2) is 4.79 Å². The zero-order chi connectivity index (χ0) is 17.6. The first kappa shape index (κ1) is 18.3. The SMILES string of the molecule is O=C(Nc1ccccc1OCC(F)(F)F)NC1(CO)CCOCC1. The van der Waals surface area contributed by atoms with E-state index in [9.17, 15) is 23.1 Å². The van der Waals surface area contributed by atoms with Crippen LogP contribution in [0.15, 0.2) is 24.3 Å². The molecule has 2 amide bonds. The predicted molar refractivity (Wildman–Crippen MR) is 80.0 cm³/mol. The Labute approximate surface area is 136 Å². The van der Waals surface area contributed by atoms with E-state index in [1.54, 1.807) is 6.07 Å². The predicted octanol–water partition coefficient (Wildman–Crippen LogP) is 2.29. The second kappa shape index (κ2) is 7.71. The number of aliphatic hydroxyl groups excluding tert-OH is 1. The van der Waals surface area contributed by atoms with Crippen LogP contribution in [-0.4, -0.2) is 49.3 Å². The van der Waals surface area contributed by atoms with E-state index in [0.29, 0.717) is 26.1 Å². The summed E-state index contributed by atoms with van der Waals surface area (Å²) in [6.07, 6.45) is -3.58. The van der Waals surface area contributed by atoms with Crippen LogP contribution in [0.25, 0.3) is 0 Å². The monoisotopic (exact) mass is 348 g/mol. The van der Waals surface area contributed by atoms with Crippen molar-refractivity contribution in [2.24, 2.45) is 0 Å². The van der Waals surface area contributed by atoms with E-state index in [4.69, 9.17) is 9.47 Å². The van der Waals surface area contributed by atoms with Crippen molar-refractivity contribution in [3.05, 3.63) is 24.3 Å². The molecule has 6 nitrogen and oxygen atoms in total. The third-order valence-electron chi connectivity index (χ3n) is 3.66. The third-order valence-corrected chi connectivity index (χ3v) is 3.66. The fourth-order valence-electron chi connectivity index (χ4n) is 2.33. The fourth-order valence-corrected chi connectivity index (χ4v) is 2.33. The number of amides is 2. The van der Waals surface area contributed by atoms with Gasteiger partial charge in [0.15, 0.2) is 6.61 Å². The number of urea groups is 1. The Bertz CT molecular complexity index is 560. The summed E-state index contributed by atoms with van der Waals surface area (Å²) in [5.41, 5.74) is -0.691. The molecule has 1 aliphatic heterocycles. The Morgan fingerprint density at radius 3 is 2.58 bits per heavy atom. The van der Waals surface area contributed by atoms with Gasteiger partial charge in [-0.05, 0) is 25.0 Å². The van der Waals surface area contributed by atoms with Gasteiger partial charge in [0.05, 0.1) is 17.8 Å². The number of carbonyl (C=O) groups is 1. The number of hydrogen-bond donors (Lipinski definition) is 3. The molecule has 0 saturated carbocycles. The molecule has 9 heteroatoms. The molecule has 3 N–H and O–H groups in total. The van der Waals surface area contributed by atoms with Crippen molar-refractivity contribution >= 4 is 11.7 Å². The summed E-state index contributed by atoms with van der Waals surface area (Å²) >= 11 is 0. The van der Waals surface area contributed by atoms with Crippen LogP contribution in [0.3, 0.4) is 0 Å². The van der Waals surface area contributed by atoms with Crippen molar-refractivity contribution in [1.82, 2.24) is 5.32 Å². The molecular formula is C15H19F3N2O4. The second-order valence-electron chi connectivity index (χ2n) is 5.53. The van der Waals surface area contributed by atoms with Gasteiger partial charge in [-0.15, -0.1) is 0 Å². The Kier molecular flexibility index (Phi) is 5.89. The molecule has 1 aliphatic rings. The van der Waals surface area contributed by atoms with Gasteiger partial charge in [0.25, 0.3) is 0 Å². The van der Waals surface area contributed by atoms with Gasteiger partial charge in [-0.1, -0.05) is 12.1 Å². The molecule has 0 unspecified atom stereocenters. The standard InChI is InChI=1S/C15H19F3N2O4/c16-15(17,18)10-24-12-4-2-1-3-11(12)19-13(22)20-14(9-21)5-7-23-8-6-14/h1-4,21H,5-10H2,(H2,19,20,22). The molecule has 134 valence electrons. The van der Waals surface area contributed by atoms with Gasteiger partial charge in [0.1, 0.15) is 5.75 Å². The molecule has 2 rings (SSSR count). The van der Waals surface area contributed by atoms with E-state index in [0.717, 1.165) is 0 Å². The number of para-hydroxylation sites is 2. The molecule has 1 fully saturated rings. The van der Waals surface area contributed by atoms with Gasteiger partial charge in [-0.3, -0.25) is 0 Å². The van der Waals surface area contributed by atoms with E-state index >= 15 is 0 Å². The van der Waals surface area contributed by atoms with Crippen LogP contribution in [0.5, 0.6) is 5.75 Å². The molecule has 24 heavy (non-hydrogen) atoms. The van der Waals surface area contributed by atoms with E-state index in [2.05, 4.69) is 10.6 Å². The lowest BCUT2D eigenvalue weighted by atomic mass is 9.91. The maximum atomic E-state index is 12.3. The number of rotatable bonds is 5. The zero-order valence-electron chi connectivity index (χ0n) is 12.9. The summed E-state index contributed by atoms with van der Waals surface area (Å²) in [5, 5.41) is 14.7. The number of halogens is 3. The molecule has 1 aromatic carbocycles. The van der Waals surface area contributed by atoms with Crippen molar-refractivity contribution in [3.8, 4) is 5.75 Å². The average molecular weight is 348 g/mol. The van der Waals surface area contributed by atoms with Gasteiger partial charge in [0.2, 0.25) is 0 Å². The molecule has 0 radical (unpaired) electrons. The minimum absolute atomic E-state index is 0.0880. The molecule has 0 spiro atoms. The van der Waals surface area contributed by atoms with Crippen LogP contribution in [-0.2, 0) is 4.74 Å². The molecule has 1 heterocycles. The largest absolute Gasteiger partial charge is 0.482 e. The first-order valence-corrected chi connectivity index (χ1v) is 7.40. The first-order chi connectivity index (χ1) is 11.3. The number of benzene rings is 1. The van der Waals surface area contributed by atoms with Crippen LogP contribution in [0.4, 0.5) is 23.7 Å². The van der Waals surface area contributed by atoms with Crippen LogP contribution in [0, 0.1) is 0 Å². The van der Waals surface area contributed by atoms with Crippen molar-refractivity contribution in [3.63, 3.8) is 0 Å². The minimum Gasteiger partial charge on any atom is -0.482 e. The van der Waals surface area contributed by atoms with E-state index in [-0.39, 0.29) is 18.0 Å². The number of carbonyl (C=O) groups excluding carboxylic acids is 1. The quantitative estimate of drug-likeness (QED) is 0.763. The topological polar surface area (TPSA) is 79.8 Å². The number of nitrogens with one attached hydrogen (secondary N) is 2. The number of aliphatic hydroxyl groups is 1. The highest BCUT2D eigenvalue weighted by Gasteiger charge is 2.34. The average Bonchev–Trinajstić information content (AvgIpc) is 2.54. The van der Waals surface area contributed by atoms with Crippen LogP contribution >= 0.6 is 0 Å². The van der Waals surface area contributed by atoms with Crippen LogP contribution in [0.1, 0.15) is 12.8 Å².